The molecule has 1 saturated heterocycles. The van der Waals surface area contributed by atoms with Crippen LogP contribution in [0.2, 0.25) is 0 Å². The van der Waals surface area contributed by atoms with Crippen LogP contribution in [0.3, 0.4) is 0 Å². The number of carbonyl (C=O) groups excluding carboxylic acids is 2. The molecule has 0 atom stereocenters. The Morgan fingerprint density at radius 2 is 1.88 bits per heavy atom. The van der Waals surface area contributed by atoms with Gasteiger partial charge in [-0.15, -0.1) is 5.10 Å². The second-order valence-corrected chi connectivity index (χ2v) is 9.43. The molecule has 1 aromatic heterocycles. The number of aromatic nitrogens is 3. The Kier molecular flexibility index (Phi) is 6.56. The summed E-state index contributed by atoms with van der Waals surface area (Å²) >= 11 is 0. The highest BCUT2D eigenvalue weighted by Crippen LogP contribution is 2.23. The Labute approximate surface area is 190 Å². The van der Waals surface area contributed by atoms with Crippen molar-refractivity contribution in [2.24, 2.45) is 0 Å². The fourth-order valence-electron chi connectivity index (χ4n) is 3.68. The van der Waals surface area contributed by atoms with E-state index in [-0.39, 0.29) is 17.0 Å². The summed E-state index contributed by atoms with van der Waals surface area (Å²) in [4.78, 5) is 24.3. The smallest absolute Gasteiger partial charge is 0.339 e. The van der Waals surface area contributed by atoms with Gasteiger partial charge in [-0.3, -0.25) is 0 Å². The Morgan fingerprint density at radius 3 is 2.64 bits per heavy atom. The second kappa shape index (κ2) is 9.55. The number of carbonyl (C=O) groups is 2. The van der Waals surface area contributed by atoms with Crippen molar-refractivity contribution in [3.8, 4) is 0 Å². The van der Waals surface area contributed by atoms with Crippen LogP contribution in [0.5, 0.6) is 0 Å². The van der Waals surface area contributed by atoms with Gasteiger partial charge >= 0.3 is 12.0 Å². The van der Waals surface area contributed by atoms with Gasteiger partial charge in [-0.2, -0.15) is 4.31 Å². The van der Waals surface area contributed by atoms with Gasteiger partial charge in [0.2, 0.25) is 10.0 Å². The number of para-hydroxylation sites is 1. The van der Waals surface area contributed by atoms with E-state index in [1.165, 1.54) is 17.5 Å². The van der Waals surface area contributed by atoms with Gasteiger partial charge in [0, 0.05) is 19.6 Å². The number of sulfonamides is 1. The predicted octanol–water partition coefficient (Wildman–Crippen LogP) is 1.82. The molecule has 174 valence electrons. The zero-order valence-corrected chi connectivity index (χ0v) is 18.8. The van der Waals surface area contributed by atoms with E-state index in [0.29, 0.717) is 36.4 Å². The third kappa shape index (κ3) is 4.81. The number of nitrogens with one attached hydrogen (secondary N) is 2. The Balaban J connectivity index is 1.38. The van der Waals surface area contributed by atoms with E-state index in [1.54, 1.807) is 41.1 Å². The van der Waals surface area contributed by atoms with Crippen LogP contribution in [0.1, 0.15) is 23.2 Å². The van der Waals surface area contributed by atoms with Gasteiger partial charge in [-0.1, -0.05) is 17.3 Å². The Hall–Kier alpha value is -3.51. The molecule has 0 bridgehead atoms. The highest BCUT2D eigenvalue weighted by molar-refractivity contribution is 7.89. The molecule has 2 aromatic carbocycles. The van der Waals surface area contributed by atoms with E-state index in [4.69, 9.17) is 4.74 Å². The number of fused-ring (bicyclic) bond motifs is 1. The largest absolute Gasteiger partial charge is 0.465 e. The number of urea groups is 1. The molecule has 11 nitrogen and oxygen atoms in total. The van der Waals surface area contributed by atoms with Crippen molar-refractivity contribution in [3.05, 3.63) is 48.0 Å². The van der Waals surface area contributed by atoms with Crippen LogP contribution in [-0.4, -0.2) is 66.5 Å². The summed E-state index contributed by atoms with van der Waals surface area (Å²) in [7, 11) is -2.26. The summed E-state index contributed by atoms with van der Waals surface area (Å²) in [5.41, 5.74) is 1.71. The fraction of sp³-hybridized carbons (Fsp3) is 0.333. The van der Waals surface area contributed by atoms with E-state index in [2.05, 4.69) is 20.9 Å². The lowest BCUT2D eigenvalue weighted by Crippen LogP contribution is -2.32. The molecule has 4 rings (SSSR count). The van der Waals surface area contributed by atoms with Crippen molar-refractivity contribution in [1.82, 2.24) is 24.6 Å². The van der Waals surface area contributed by atoms with Gasteiger partial charge in [-0.25, -0.2) is 22.7 Å². The zero-order chi connectivity index (χ0) is 23.4. The fourth-order valence-corrected chi connectivity index (χ4v) is 5.21. The number of rotatable bonds is 7. The number of amides is 2. The summed E-state index contributed by atoms with van der Waals surface area (Å²) in [5, 5.41) is 13.5. The SMILES string of the molecule is COC(=O)c1ccccc1NC(=O)NCCn1nnc2cc(S(=O)(=O)N3CCCC3)ccc21. The van der Waals surface area contributed by atoms with Gasteiger partial charge in [0.1, 0.15) is 5.52 Å². The number of ether oxygens (including phenoxy) is 1. The molecule has 2 N–H and O–H groups in total. The first-order chi connectivity index (χ1) is 15.9. The molecule has 1 aliphatic heterocycles. The molecule has 2 heterocycles. The van der Waals surface area contributed by atoms with Gasteiger partial charge in [0.15, 0.2) is 0 Å². The molecular weight excluding hydrogens is 448 g/mol. The van der Waals surface area contributed by atoms with Crippen molar-refractivity contribution >= 4 is 38.7 Å². The first kappa shape index (κ1) is 22.7. The number of hydrogen-bond donors (Lipinski definition) is 2. The number of anilines is 1. The van der Waals surface area contributed by atoms with Crippen LogP contribution >= 0.6 is 0 Å². The first-order valence-corrected chi connectivity index (χ1v) is 11.9. The standard InChI is InChI=1S/C21H24N6O5S/c1-32-20(28)16-6-2-3-7-17(16)23-21(29)22-10-13-27-19-9-8-15(14-18(19)24-25-27)33(30,31)26-11-4-5-12-26/h2-3,6-9,14H,4-5,10-13H2,1H3,(H2,22,23,29). The average molecular weight is 473 g/mol. The van der Waals surface area contributed by atoms with E-state index >= 15 is 0 Å². The van der Waals surface area contributed by atoms with Gasteiger partial charge in [0.25, 0.3) is 0 Å². The van der Waals surface area contributed by atoms with Crippen molar-refractivity contribution in [3.63, 3.8) is 0 Å². The summed E-state index contributed by atoms with van der Waals surface area (Å²) in [6.07, 6.45) is 1.74. The molecule has 2 amide bonds. The number of hydrogen-bond acceptors (Lipinski definition) is 7. The van der Waals surface area contributed by atoms with Crippen LogP contribution < -0.4 is 10.6 Å². The van der Waals surface area contributed by atoms with Crippen LogP contribution in [0.15, 0.2) is 47.4 Å². The van der Waals surface area contributed by atoms with E-state index in [1.807, 2.05) is 0 Å². The minimum absolute atomic E-state index is 0.200. The molecule has 33 heavy (non-hydrogen) atoms. The third-order valence-electron chi connectivity index (χ3n) is 5.38. The molecule has 0 unspecified atom stereocenters. The van der Waals surface area contributed by atoms with Gasteiger partial charge in [-0.05, 0) is 43.2 Å². The highest BCUT2D eigenvalue weighted by atomic mass is 32.2. The minimum atomic E-state index is -3.53. The summed E-state index contributed by atoms with van der Waals surface area (Å²) < 4.78 is 33.3. The topological polar surface area (TPSA) is 136 Å². The van der Waals surface area contributed by atoms with Crippen LogP contribution in [0, 0.1) is 0 Å². The van der Waals surface area contributed by atoms with E-state index < -0.39 is 22.0 Å². The van der Waals surface area contributed by atoms with Crippen molar-refractivity contribution in [2.45, 2.75) is 24.3 Å². The van der Waals surface area contributed by atoms with Crippen LogP contribution in [0.4, 0.5) is 10.5 Å². The Bertz CT molecular complexity index is 1280. The molecular formula is C21H24N6O5S. The Morgan fingerprint density at radius 1 is 1.12 bits per heavy atom. The van der Waals surface area contributed by atoms with Crippen molar-refractivity contribution in [2.75, 3.05) is 32.1 Å². The van der Waals surface area contributed by atoms with Crippen molar-refractivity contribution < 1.29 is 22.7 Å². The molecule has 0 spiro atoms. The molecule has 0 aliphatic carbocycles. The normalized spacial score (nSPS) is 14.3. The van der Waals surface area contributed by atoms with Crippen molar-refractivity contribution in [1.29, 1.82) is 0 Å². The maximum Gasteiger partial charge on any atom is 0.339 e. The summed E-state index contributed by atoms with van der Waals surface area (Å²) in [6, 6.07) is 10.8. The molecule has 1 fully saturated rings. The summed E-state index contributed by atoms with van der Waals surface area (Å²) in [5.74, 6) is -0.550. The second-order valence-electron chi connectivity index (χ2n) is 7.49. The molecule has 3 aromatic rings. The maximum atomic E-state index is 12.8. The molecule has 12 heteroatoms. The summed E-state index contributed by atoms with van der Waals surface area (Å²) in [6.45, 7) is 1.62. The average Bonchev–Trinajstić information content (AvgIpc) is 3.49. The lowest BCUT2D eigenvalue weighted by atomic mass is 10.2. The van der Waals surface area contributed by atoms with E-state index in [9.17, 15) is 18.0 Å². The highest BCUT2D eigenvalue weighted by Gasteiger charge is 2.27. The monoisotopic (exact) mass is 472 g/mol. The van der Waals surface area contributed by atoms with Gasteiger partial charge < -0.3 is 15.4 Å². The van der Waals surface area contributed by atoms with Gasteiger partial charge in [0.05, 0.1) is 35.3 Å². The lowest BCUT2D eigenvalue weighted by molar-refractivity contribution is 0.0602. The number of esters is 1. The number of methoxy groups -OCH3 is 1. The molecule has 0 saturated carbocycles. The predicted molar refractivity (Wildman–Crippen MR) is 120 cm³/mol. The van der Waals surface area contributed by atoms with E-state index in [0.717, 1.165) is 12.8 Å². The molecule has 1 aliphatic rings. The number of nitrogens with zero attached hydrogens (tertiary/aromatic N) is 4. The lowest BCUT2D eigenvalue weighted by Gasteiger charge is -2.15. The number of benzene rings is 2. The molecule has 0 radical (unpaired) electrons. The van der Waals surface area contributed by atoms with Crippen LogP contribution in [0.25, 0.3) is 11.0 Å². The zero-order valence-electron chi connectivity index (χ0n) is 18.0. The maximum absolute atomic E-state index is 12.8. The minimum Gasteiger partial charge on any atom is -0.465 e. The first-order valence-electron chi connectivity index (χ1n) is 10.5. The third-order valence-corrected chi connectivity index (χ3v) is 7.27. The quantitative estimate of drug-likeness (QED) is 0.501. The van der Waals surface area contributed by atoms with Crippen LogP contribution in [-0.2, 0) is 21.3 Å².